The van der Waals surface area contributed by atoms with Crippen LogP contribution < -0.4 is 20.1 Å². The molecule has 6 nitrogen and oxygen atoms in total. The van der Waals surface area contributed by atoms with Crippen LogP contribution in [0.3, 0.4) is 0 Å². The summed E-state index contributed by atoms with van der Waals surface area (Å²) in [4.78, 5) is 8.77. The maximum Gasteiger partial charge on any atom is 0.191 e. The molecule has 0 aliphatic heterocycles. The molecular weight excluding hydrogens is 328 g/mol. The van der Waals surface area contributed by atoms with Gasteiger partial charge in [0.1, 0.15) is 11.5 Å². The largest absolute Gasteiger partial charge is 0.497 e. The third kappa shape index (κ3) is 5.12. The van der Waals surface area contributed by atoms with Crippen LogP contribution in [0, 0.1) is 13.8 Å². The first-order chi connectivity index (χ1) is 12.6. The van der Waals surface area contributed by atoms with E-state index in [9.17, 15) is 0 Å². The Hall–Kier alpha value is -2.76. The van der Waals surface area contributed by atoms with Gasteiger partial charge < -0.3 is 20.1 Å². The Bertz CT molecular complexity index is 742. The normalized spacial score (nSPS) is 11.2. The van der Waals surface area contributed by atoms with Gasteiger partial charge >= 0.3 is 0 Å². The second-order valence-electron chi connectivity index (χ2n) is 6.00. The highest BCUT2D eigenvalue weighted by Gasteiger charge is 2.09. The quantitative estimate of drug-likeness (QED) is 0.590. The molecule has 26 heavy (non-hydrogen) atoms. The van der Waals surface area contributed by atoms with E-state index in [1.54, 1.807) is 21.3 Å². The van der Waals surface area contributed by atoms with Crippen molar-refractivity contribution in [2.24, 2.45) is 4.99 Å². The van der Waals surface area contributed by atoms with Crippen molar-refractivity contribution >= 4 is 5.96 Å². The number of nitrogens with one attached hydrogen (secondary N) is 2. The van der Waals surface area contributed by atoms with Gasteiger partial charge in [0.05, 0.1) is 26.5 Å². The fourth-order valence-electron chi connectivity index (χ4n) is 2.75. The number of methoxy groups -OCH3 is 2. The zero-order valence-corrected chi connectivity index (χ0v) is 16.2. The lowest BCUT2D eigenvalue weighted by Crippen LogP contribution is -2.38. The molecule has 6 heteroatoms. The van der Waals surface area contributed by atoms with Gasteiger partial charge in [-0.2, -0.15) is 0 Å². The van der Waals surface area contributed by atoms with E-state index in [-0.39, 0.29) is 0 Å². The summed E-state index contributed by atoms with van der Waals surface area (Å²) in [6.45, 7) is 5.39. The summed E-state index contributed by atoms with van der Waals surface area (Å²) in [5.74, 6) is 2.51. The van der Waals surface area contributed by atoms with Gasteiger partial charge in [0.25, 0.3) is 0 Å². The van der Waals surface area contributed by atoms with E-state index in [0.29, 0.717) is 6.54 Å². The number of aryl methyl sites for hydroxylation is 1. The molecule has 0 saturated carbocycles. The second-order valence-corrected chi connectivity index (χ2v) is 6.00. The highest BCUT2D eigenvalue weighted by atomic mass is 16.5. The molecular formula is C20H28N4O2. The lowest BCUT2D eigenvalue weighted by Gasteiger charge is -2.15. The van der Waals surface area contributed by atoms with Crippen LogP contribution in [0.4, 0.5) is 0 Å². The van der Waals surface area contributed by atoms with Gasteiger partial charge in [-0.3, -0.25) is 9.98 Å². The van der Waals surface area contributed by atoms with Crippen molar-refractivity contribution in [2.45, 2.75) is 26.8 Å². The molecule has 0 aliphatic carbocycles. The fraction of sp³-hybridized carbons (Fsp3) is 0.400. The van der Waals surface area contributed by atoms with Crippen LogP contribution in [0.25, 0.3) is 0 Å². The van der Waals surface area contributed by atoms with Crippen LogP contribution in [0.2, 0.25) is 0 Å². The van der Waals surface area contributed by atoms with Crippen molar-refractivity contribution in [3.63, 3.8) is 0 Å². The summed E-state index contributed by atoms with van der Waals surface area (Å²) in [5, 5.41) is 6.63. The van der Waals surface area contributed by atoms with E-state index in [1.807, 2.05) is 32.2 Å². The SMILES string of the molecule is CN=C(NCCc1ccc(OC)cc1)NCc1ncc(C)c(OC)c1C. The summed E-state index contributed by atoms with van der Waals surface area (Å²) < 4.78 is 10.6. The molecule has 1 aromatic heterocycles. The predicted molar refractivity (Wildman–Crippen MR) is 105 cm³/mol. The number of hydrogen-bond acceptors (Lipinski definition) is 4. The Labute approximate surface area is 155 Å². The minimum atomic E-state index is 0.588. The molecule has 2 aromatic rings. The minimum Gasteiger partial charge on any atom is -0.497 e. The van der Waals surface area contributed by atoms with Crippen molar-refractivity contribution < 1.29 is 9.47 Å². The Balaban J connectivity index is 1.86. The Kier molecular flexibility index (Phi) is 7.26. The number of aromatic nitrogens is 1. The maximum atomic E-state index is 5.46. The molecule has 1 heterocycles. The van der Waals surface area contributed by atoms with Crippen LogP contribution in [-0.2, 0) is 13.0 Å². The van der Waals surface area contributed by atoms with Crippen molar-refractivity contribution in [1.82, 2.24) is 15.6 Å². The number of ether oxygens (including phenoxy) is 2. The molecule has 2 N–H and O–H groups in total. The Morgan fingerprint density at radius 3 is 2.42 bits per heavy atom. The number of benzene rings is 1. The van der Waals surface area contributed by atoms with Crippen molar-refractivity contribution in [1.29, 1.82) is 0 Å². The van der Waals surface area contributed by atoms with Gasteiger partial charge in [-0.25, -0.2) is 0 Å². The average molecular weight is 356 g/mol. The van der Waals surface area contributed by atoms with Gasteiger partial charge in [-0.15, -0.1) is 0 Å². The van der Waals surface area contributed by atoms with Crippen LogP contribution in [0.15, 0.2) is 35.5 Å². The number of aliphatic imine (C=N–C) groups is 1. The standard InChI is InChI=1S/C20H28N4O2/c1-14-12-23-18(15(2)19(14)26-5)13-24-20(21-3)22-11-10-16-6-8-17(25-4)9-7-16/h6-9,12H,10-11,13H2,1-5H3,(H2,21,22,24). The summed E-state index contributed by atoms with van der Waals surface area (Å²) in [5.41, 5.74) is 4.28. The third-order valence-corrected chi connectivity index (χ3v) is 4.26. The molecule has 0 bridgehead atoms. The molecule has 140 valence electrons. The lowest BCUT2D eigenvalue weighted by molar-refractivity contribution is 0.406. The zero-order valence-electron chi connectivity index (χ0n) is 16.2. The minimum absolute atomic E-state index is 0.588. The topological polar surface area (TPSA) is 67.8 Å². The number of pyridine rings is 1. The molecule has 1 aromatic carbocycles. The molecule has 0 amide bonds. The number of nitrogens with zero attached hydrogens (tertiary/aromatic N) is 2. The van der Waals surface area contributed by atoms with Crippen LogP contribution >= 0.6 is 0 Å². The number of guanidine groups is 1. The third-order valence-electron chi connectivity index (χ3n) is 4.26. The first kappa shape index (κ1) is 19.6. The fourth-order valence-corrected chi connectivity index (χ4v) is 2.75. The molecule has 0 spiro atoms. The molecule has 0 atom stereocenters. The molecule has 0 radical (unpaired) electrons. The van der Waals surface area contributed by atoms with Gasteiger partial charge in [0, 0.05) is 30.9 Å². The van der Waals surface area contributed by atoms with Gasteiger partial charge in [-0.05, 0) is 38.0 Å². The Morgan fingerprint density at radius 2 is 1.81 bits per heavy atom. The van der Waals surface area contributed by atoms with E-state index >= 15 is 0 Å². The smallest absolute Gasteiger partial charge is 0.191 e. The summed E-state index contributed by atoms with van der Waals surface area (Å²) in [6, 6.07) is 8.09. The average Bonchev–Trinajstić information content (AvgIpc) is 2.66. The summed E-state index contributed by atoms with van der Waals surface area (Å²) in [7, 11) is 5.12. The monoisotopic (exact) mass is 356 g/mol. The second kappa shape index (κ2) is 9.65. The van der Waals surface area contributed by atoms with E-state index in [0.717, 1.165) is 47.2 Å². The molecule has 0 fully saturated rings. The van der Waals surface area contributed by atoms with Gasteiger partial charge in [-0.1, -0.05) is 12.1 Å². The Morgan fingerprint density at radius 1 is 1.08 bits per heavy atom. The van der Waals surface area contributed by atoms with Crippen molar-refractivity contribution in [2.75, 3.05) is 27.8 Å². The highest BCUT2D eigenvalue weighted by Crippen LogP contribution is 2.23. The summed E-state index contributed by atoms with van der Waals surface area (Å²) >= 11 is 0. The van der Waals surface area contributed by atoms with E-state index < -0.39 is 0 Å². The van der Waals surface area contributed by atoms with Crippen LogP contribution in [-0.4, -0.2) is 38.8 Å². The predicted octanol–water partition coefficient (Wildman–Crippen LogP) is 2.62. The highest BCUT2D eigenvalue weighted by molar-refractivity contribution is 5.79. The van der Waals surface area contributed by atoms with Gasteiger partial charge in [0.2, 0.25) is 0 Å². The number of hydrogen-bond donors (Lipinski definition) is 2. The molecule has 0 saturated heterocycles. The van der Waals surface area contributed by atoms with E-state index in [2.05, 4.69) is 32.7 Å². The number of rotatable bonds is 7. The zero-order chi connectivity index (χ0) is 18.9. The molecule has 0 aliphatic rings. The van der Waals surface area contributed by atoms with E-state index in [1.165, 1.54) is 5.56 Å². The maximum absolute atomic E-state index is 5.46. The van der Waals surface area contributed by atoms with Crippen molar-refractivity contribution in [3.05, 3.63) is 52.8 Å². The molecule has 2 rings (SSSR count). The van der Waals surface area contributed by atoms with Gasteiger partial charge in [0.15, 0.2) is 5.96 Å². The van der Waals surface area contributed by atoms with E-state index in [4.69, 9.17) is 9.47 Å². The molecule has 0 unspecified atom stereocenters. The van der Waals surface area contributed by atoms with Crippen molar-refractivity contribution in [3.8, 4) is 11.5 Å². The van der Waals surface area contributed by atoms with Crippen LogP contribution in [0.1, 0.15) is 22.4 Å². The van der Waals surface area contributed by atoms with Crippen LogP contribution in [0.5, 0.6) is 11.5 Å². The first-order valence-corrected chi connectivity index (χ1v) is 8.65. The first-order valence-electron chi connectivity index (χ1n) is 8.65. The summed E-state index contributed by atoms with van der Waals surface area (Å²) in [6.07, 6.45) is 2.74. The lowest BCUT2D eigenvalue weighted by atomic mass is 10.1.